The van der Waals surface area contributed by atoms with Crippen molar-refractivity contribution in [3.8, 4) is 11.5 Å². The molecule has 0 saturated carbocycles. The third-order valence-electron chi connectivity index (χ3n) is 3.20. The van der Waals surface area contributed by atoms with Crippen LogP contribution in [0.5, 0.6) is 0 Å². The molecule has 3 aromatic rings. The maximum Gasteiger partial charge on any atom is 0.437 e. The molecular formula is C15H14N4O3S. The number of thiazole rings is 1. The second-order valence-electron chi connectivity index (χ2n) is 4.91. The van der Waals surface area contributed by atoms with E-state index in [1.807, 2.05) is 32.0 Å². The number of aromatic nitrogens is 3. The lowest BCUT2D eigenvalue weighted by atomic mass is 10.2. The highest BCUT2D eigenvalue weighted by atomic mass is 32.1. The fourth-order valence-corrected chi connectivity index (χ4v) is 2.76. The highest BCUT2D eigenvalue weighted by Crippen LogP contribution is 2.21. The molecule has 1 N–H and O–H groups in total. The zero-order valence-electron chi connectivity index (χ0n) is 12.6. The van der Waals surface area contributed by atoms with Crippen molar-refractivity contribution in [3.05, 3.63) is 51.5 Å². The van der Waals surface area contributed by atoms with Crippen molar-refractivity contribution < 1.29 is 9.21 Å². The standard InChI is InChI=1S/C15H14N4O3S/c1-9-10(2)23-14(16-9)17-12(20)8-19-15(21)22-13(18-19)11-6-4-3-5-7-11/h3-7H,8H2,1-2H3,(H,16,17,20). The summed E-state index contributed by atoms with van der Waals surface area (Å²) in [5, 5.41) is 7.20. The van der Waals surface area contributed by atoms with Crippen molar-refractivity contribution in [1.29, 1.82) is 0 Å². The number of aryl methyl sites for hydroxylation is 2. The summed E-state index contributed by atoms with van der Waals surface area (Å²) >= 11 is 1.39. The van der Waals surface area contributed by atoms with Crippen molar-refractivity contribution in [1.82, 2.24) is 14.8 Å². The third-order valence-corrected chi connectivity index (χ3v) is 4.18. The lowest BCUT2D eigenvalue weighted by Gasteiger charge is -1.99. The van der Waals surface area contributed by atoms with Gasteiger partial charge < -0.3 is 9.73 Å². The molecule has 0 aliphatic rings. The van der Waals surface area contributed by atoms with Crippen molar-refractivity contribution in [2.45, 2.75) is 20.4 Å². The van der Waals surface area contributed by atoms with E-state index in [4.69, 9.17) is 4.42 Å². The number of nitrogens with zero attached hydrogens (tertiary/aromatic N) is 3. The maximum atomic E-state index is 12.0. The van der Waals surface area contributed by atoms with E-state index >= 15 is 0 Å². The molecular weight excluding hydrogens is 316 g/mol. The molecule has 1 aromatic carbocycles. The molecule has 0 aliphatic heterocycles. The van der Waals surface area contributed by atoms with Gasteiger partial charge in [-0.1, -0.05) is 18.2 Å². The van der Waals surface area contributed by atoms with Gasteiger partial charge in [0.1, 0.15) is 6.54 Å². The van der Waals surface area contributed by atoms with Crippen molar-refractivity contribution in [2.75, 3.05) is 5.32 Å². The molecule has 0 atom stereocenters. The predicted octanol–water partition coefficient (Wildman–Crippen LogP) is 2.22. The molecule has 2 aromatic heterocycles. The first kappa shape index (κ1) is 15.2. The number of hydrogen-bond acceptors (Lipinski definition) is 6. The van der Waals surface area contributed by atoms with Crippen LogP contribution in [-0.4, -0.2) is 20.7 Å². The van der Waals surface area contributed by atoms with Crippen molar-refractivity contribution in [2.24, 2.45) is 0 Å². The molecule has 0 bridgehead atoms. The van der Waals surface area contributed by atoms with Crippen LogP contribution in [0.4, 0.5) is 5.13 Å². The Morgan fingerprint density at radius 1 is 1.30 bits per heavy atom. The van der Waals surface area contributed by atoms with Gasteiger partial charge in [0.2, 0.25) is 11.8 Å². The topological polar surface area (TPSA) is 90.0 Å². The zero-order valence-corrected chi connectivity index (χ0v) is 13.4. The van der Waals surface area contributed by atoms with Crippen LogP contribution in [0.25, 0.3) is 11.5 Å². The summed E-state index contributed by atoms with van der Waals surface area (Å²) in [7, 11) is 0. The van der Waals surface area contributed by atoms with E-state index in [-0.39, 0.29) is 18.3 Å². The fourth-order valence-electron chi connectivity index (χ4n) is 1.92. The molecule has 0 spiro atoms. The van der Waals surface area contributed by atoms with Crippen molar-refractivity contribution >= 4 is 22.4 Å². The smallest absolute Gasteiger partial charge is 0.388 e. The SMILES string of the molecule is Cc1nc(NC(=O)Cn2nc(-c3ccccc3)oc2=O)sc1C. The molecule has 0 unspecified atom stereocenters. The van der Waals surface area contributed by atoms with E-state index in [1.165, 1.54) is 11.3 Å². The average molecular weight is 330 g/mol. The Morgan fingerprint density at radius 3 is 2.70 bits per heavy atom. The highest BCUT2D eigenvalue weighted by Gasteiger charge is 2.14. The molecule has 1 amide bonds. The van der Waals surface area contributed by atoms with Crippen LogP contribution in [0.15, 0.2) is 39.5 Å². The van der Waals surface area contributed by atoms with E-state index in [0.29, 0.717) is 10.7 Å². The summed E-state index contributed by atoms with van der Waals surface area (Å²) in [4.78, 5) is 29.1. The first-order chi connectivity index (χ1) is 11.0. The van der Waals surface area contributed by atoms with E-state index < -0.39 is 5.76 Å². The minimum absolute atomic E-state index is 0.185. The maximum absolute atomic E-state index is 12.0. The van der Waals surface area contributed by atoms with Crippen LogP contribution in [0.2, 0.25) is 0 Å². The number of nitrogens with one attached hydrogen (secondary N) is 1. The van der Waals surface area contributed by atoms with Crippen LogP contribution in [-0.2, 0) is 11.3 Å². The van der Waals surface area contributed by atoms with Crippen LogP contribution in [0, 0.1) is 13.8 Å². The predicted molar refractivity (Wildman–Crippen MR) is 86.4 cm³/mol. The largest absolute Gasteiger partial charge is 0.437 e. The molecule has 0 fully saturated rings. The van der Waals surface area contributed by atoms with Crippen LogP contribution in [0.1, 0.15) is 10.6 Å². The Bertz CT molecular complexity index is 876. The van der Waals surface area contributed by atoms with Gasteiger partial charge in [0.05, 0.1) is 5.69 Å². The molecule has 2 heterocycles. The van der Waals surface area contributed by atoms with Crippen LogP contribution >= 0.6 is 11.3 Å². The molecule has 0 radical (unpaired) electrons. The number of benzene rings is 1. The molecule has 8 heteroatoms. The number of rotatable bonds is 4. The molecule has 23 heavy (non-hydrogen) atoms. The second-order valence-corrected chi connectivity index (χ2v) is 6.11. The Balaban J connectivity index is 1.74. The minimum Gasteiger partial charge on any atom is -0.388 e. The van der Waals surface area contributed by atoms with Gasteiger partial charge in [-0.05, 0) is 26.0 Å². The van der Waals surface area contributed by atoms with Gasteiger partial charge in [0.25, 0.3) is 0 Å². The number of hydrogen-bond donors (Lipinski definition) is 1. The molecule has 118 valence electrons. The summed E-state index contributed by atoms with van der Waals surface area (Å²) in [6.45, 7) is 3.57. The zero-order chi connectivity index (χ0) is 16.4. The van der Waals surface area contributed by atoms with Gasteiger partial charge >= 0.3 is 5.76 Å². The highest BCUT2D eigenvalue weighted by molar-refractivity contribution is 7.15. The monoisotopic (exact) mass is 330 g/mol. The first-order valence-electron chi connectivity index (χ1n) is 6.90. The van der Waals surface area contributed by atoms with E-state index in [9.17, 15) is 9.59 Å². The van der Waals surface area contributed by atoms with E-state index in [1.54, 1.807) is 12.1 Å². The van der Waals surface area contributed by atoms with Gasteiger partial charge in [-0.15, -0.1) is 16.4 Å². The van der Waals surface area contributed by atoms with E-state index in [0.717, 1.165) is 15.3 Å². The lowest BCUT2D eigenvalue weighted by molar-refractivity contribution is -0.117. The van der Waals surface area contributed by atoms with Gasteiger partial charge in [-0.25, -0.2) is 9.78 Å². The first-order valence-corrected chi connectivity index (χ1v) is 7.72. The summed E-state index contributed by atoms with van der Waals surface area (Å²) in [5.74, 6) is -0.872. The molecule has 3 rings (SSSR count). The van der Waals surface area contributed by atoms with Gasteiger partial charge in [-0.2, -0.15) is 4.68 Å². The number of amides is 1. The summed E-state index contributed by atoms with van der Waals surface area (Å²) in [6, 6.07) is 9.03. The quantitative estimate of drug-likeness (QED) is 0.792. The number of carbonyl (C=O) groups is 1. The Kier molecular flexibility index (Phi) is 4.07. The van der Waals surface area contributed by atoms with Gasteiger partial charge in [0, 0.05) is 10.4 Å². The van der Waals surface area contributed by atoms with Gasteiger partial charge in [0.15, 0.2) is 5.13 Å². The molecule has 0 saturated heterocycles. The second kappa shape index (κ2) is 6.17. The van der Waals surface area contributed by atoms with E-state index in [2.05, 4.69) is 15.4 Å². The summed E-state index contributed by atoms with van der Waals surface area (Å²) < 4.78 is 6.07. The summed E-state index contributed by atoms with van der Waals surface area (Å²) in [6.07, 6.45) is 0. The lowest BCUT2D eigenvalue weighted by Crippen LogP contribution is -2.25. The average Bonchev–Trinajstić information content (AvgIpc) is 3.03. The Morgan fingerprint density at radius 2 is 2.04 bits per heavy atom. The third kappa shape index (κ3) is 3.37. The summed E-state index contributed by atoms with van der Waals surface area (Å²) in [5.41, 5.74) is 1.55. The minimum atomic E-state index is -0.675. The Labute approximate surface area is 135 Å². The normalized spacial score (nSPS) is 10.7. The van der Waals surface area contributed by atoms with Crippen LogP contribution < -0.4 is 11.1 Å². The molecule has 0 aliphatic carbocycles. The van der Waals surface area contributed by atoms with Crippen molar-refractivity contribution in [3.63, 3.8) is 0 Å². The number of carbonyl (C=O) groups excluding carboxylic acids is 1. The Hall–Kier alpha value is -2.74. The fraction of sp³-hybridized carbons (Fsp3) is 0.200. The van der Waals surface area contributed by atoms with Crippen LogP contribution in [0.3, 0.4) is 0 Å². The van der Waals surface area contributed by atoms with Gasteiger partial charge in [-0.3, -0.25) is 4.79 Å². The molecule has 7 nitrogen and oxygen atoms in total. The number of anilines is 1.